The zero-order chi connectivity index (χ0) is 21.3. The number of rotatable bonds is 3. The van der Waals surface area contributed by atoms with Gasteiger partial charge in [0.15, 0.2) is 0 Å². The average molecular weight is 415 g/mol. The van der Waals surface area contributed by atoms with Crippen LogP contribution >= 0.6 is 0 Å². The number of amides is 2. The van der Waals surface area contributed by atoms with E-state index in [-0.39, 0.29) is 5.69 Å². The summed E-state index contributed by atoms with van der Waals surface area (Å²) in [5.74, 6) is -3.27. The van der Waals surface area contributed by atoms with Crippen molar-refractivity contribution in [1.29, 1.82) is 0 Å². The monoisotopic (exact) mass is 415 g/mol. The largest absolute Gasteiger partial charge is 0.465 e. The van der Waals surface area contributed by atoms with Crippen molar-refractivity contribution in [2.24, 2.45) is 0 Å². The number of piperazine rings is 1. The molecule has 4 rings (SSSR count). The lowest BCUT2D eigenvalue weighted by Crippen LogP contribution is -2.53. The third-order valence-electron chi connectivity index (χ3n) is 5.83. The van der Waals surface area contributed by atoms with Gasteiger partial charge in [-0.1, -0.05) is 24.3 Å². The molecule has 0 atom stereocenters. The fraction of sp³-hybridized carbons (Fsp3) is 0.364. The van der Waals surface area contributed by atoms with Gasteiger partial charge in [-0.15, -0.1) is 0 Å². The number of hydrogen-bond acceptors (Lipinski definition) is 4. The number of hydrogen-bond donors (Lipinski definition) is 1. The van der Waals surface area contributed by atoms with Crippen molar-refractivity contribution in [3.05, 3.63) is 64.7 Å². The molecular weight excluding hydrogens is 392 g/mol. The predicted octanol–water partition coefficient (Wildman–Crippen LogP) is 3.07. The molecule has 0 unspecified atom stereocenters. The summed E-state index contributed by atoms with van der Waals surface area (Å²) in [5, 5.41) is 2.51. The standard InChI is InChI=1S/C22H23F2N3O3/c1-30-21(28)20-18(23)12-16(13-19(20)24)25-22(29)27-8-6-26(7-9-27)17-10-14-4-2-3-5-15(14)11-17/h2-5,12-13,17H,6-11H2,1H3,(H,25,29). The summed E-state index contributed by atoms with van der Waals surface area (Å²) in [7, 11) is 1.04. The number of urea groups is 1. The number of halogens is 2. The van der Waals surface area contributed by atoms with Crippen molar-refractivity contribution < 1.29 is 23.1 Å². The fourth-order valence-electron chi connectivity index (χ4n) is 4.23. The van der Waals surface area contributed by atoms with E-state index in [9.17, 15) is 18.4 Å². The van der Waals surface area contributed by atoms with E-state index >= 15 is 0 Å². The molecular formula is C22H23F2N3O3. The van der Waals surface area contributed by atoms with Crippen LogP contribution in [0.2, 0.25) is 0 Å². The highest BCUT2D eigenvalue weighted by Gasteiger charge is 2.30. The number of nitrogens with one attached hydrogen (secondary N) is 1. The maximum Gasteiger partial charge on any atom is 0.343 e. The molecule has 1 aliphatic carbocycles. The highest BCUT2D eigenvalue weighted by molar-refractivity contribution is 5.93. The maximum atomic E-state index is 14.1. The first-order valence-electron chi connectivity index (χ1n) is 9.90. The molecule has 1 heterocycles. The van der Waals surface area contributed by atoms with Gasteiger partial charge in [0, 0.05) is 37.9 Å². The zero-order valence-electron chi connectivity index (χ0n) is 16.7. The number of esters is 1. The van der Waals surface area contributed by atoms with Crippen LogP contribution in [0.3, 0.4) is 0 Å². The zero-order valence-corrected chi connectivity index (χ0v) is 16.7. The van der Waals surface area contributed by atoms with Gasteiger partial charge in [-0.3, -0.25) is 4.90 Å². The van der Waals surface area contributed by atoms with Crippen molar-refractivity contribution in [2.45, 2.75) is 18.9 Å². The second kappa shape index (κ2) is 8.39. The first kappa shape index (κ1) is 20.3. The molecule has 30 heavy (non-hydrogen) atoms. The SMILES string of the molecule is COC(=O)c1c(F)cc(NC(=O)N2CCN(C3Cc4ccccc4C3)CC2)cc1F. The molecule has 0 spiro atoms. The van der Waals surface area contributed by atoms with Gasteiger partial charge in [0.25, 0.3) is 0 Å². The second-order valence-corrected chi connectivity index (χ2v) is 7.59. The Morgan fingerprint density at radius 1 is 1.00 bits per heavy atom. The van der Waals surface area contributed by atoms with Crippen molar-refractivity contribution in [2.75, 3.05) is 38.6 Å². The number of carbonyl (C=O) groups excluding carboxylic acids is 2. The molecule has 158 valence electrons. The number of carbonyl (C=O) groups is 2. The molecule has 1 aliphatic heterocycles. The Morgan fingerprint density at radius 3 is 2.10 bits per heavy atom. The van der Waals surface area contributed by atoms with E-state index in [0.29, 0.717) is 19.1 Å². The summed E-state index contributed by atoms with van der Waals surface area (Å²) in [6.07, 6.45) is 2.04. The van der Waals surface area contributed by atoms with Gasteiger partial charge in [0.1, 0.15) is 17.2 Å². The normalized spacial score (nSPS) is 17.0. The molecule has 8 heteroatoms. The highest BCUT2D eigenvalue weighted by Crippen LogP contribution is 2.26. The van der Waals surface area contributed by atoms with E-state index in [1.807, 2.05) is 0 Å². The van der Waals surface area contributed by atoms with Gasteiger partial charge in [-0.05, 0) is 36.1 Å². The third kappa shape index (κ3) is 4.00. The maximum absolute atomic E-state index is 14.1. The number of ether oxygens (including phenoxy) is 1. The quantitative estimate of drug-likeness (QED) is 0.783. The molecule has 1 saturated heterocycles. The lowest BCUT2D eigenvalue weighted by Gasteiger charge is -2.38. The summed E-state index contributed by atoms with van der Waals surface area (Å²) in [6, 6.07) is 10.3. The van der Waals surface area contributed by atoms with Gasteiger partial charge in [-0.25, -0.2) is 18.4 Å². The lowest BCUT2D eigenvalue weighted by atomic mass is 10.1. The molecule has 2 aromatic rings. The molecule has 1 N–H and O–H groups in total. The minimum atomic E-state index is -1.10. The number of methoxy groups -OCH3 is 1. The van der Waals surface area contributed by atoms with Crippen LogP contribution in [0, 0.1) is 11.6 Å². The van der Waals surface area contributed by atoms with E-state index in [2.05, 4.69) is 39.2 Å². The lowest BCUT2D eigenvalue weighted by molar-refractivity contribution is 0.0590. The van der Waals surface area contributed by atoms with Gasteiger partial charge in [0.2, 0.25) is 0 Å². The number of anilines is 1. The van der Waals surface area contributed by atoms with Crippen LogP contribution < -0.4 is 5.32 Å². The van der Waals surface area contributed by atoms with Gasteiger partial charge >= 0.3 is 12.0 Å². The van der Waals surface area contributed by atoms with E-state index in [0.717, 1.165) is 45.2 Å². The minimum Gasteiger partial charge on any atom is -0.465 e. The summed E-state index contributed by atoms with van der Waals surface area (Å²) in [4.78, 5) is 28.0. The molecule has 0 aromatic heterocycles. The summed E-state index contributed by atoms with van der Waals surface area (Å²) in [5.41, 5.74) is 1.96. The van der Waals surface area contributed by atoms with E-state index in [4.69, 9.17) is 0 Å². The number of fused-ring (bicyclic) bond motifs is 1. The van der Waals surface area contributed by atoms with Gasteiger partial charge in [-0.2, -0.15) is 0 Å². The molecule has 2 amide bonds. The van der Waals surface area contributed by atoms with E-state index in [1.54, 1.807) is 4.90 Å². The van der Waals surface area contributed by atoms with Crippen LogP contribution in [0.5, 0.6) is 0 Å². The number of nitrogens with zero attached hydrogens (tertiary/aromatic N) is 2. The van der Waals surface area contributed by atoms with Crippen LogP contribution in [0.25, 0.3) is 0 Å². The molecule has 0 saturated carbocycles. The first-order valence-corrected chi connectivity index (χ1v) is 9.90. The molecule has 0 bridgehead atoms. The highest BCUT2D eigenvalue weighted by atomic mass is 19.1. The minimum absolute atomic E-state index is 0.0451. The van der Waals surface area contributed by atoms with E-state index < -0.39 is 29.2 Å². The van der Waals surface area contributed by atoms with Crippen LogP contribution in [-0.2, 0) is 17.6 Å². The summed E-state index contributed by atoms with van der Waals surface area (Å²) >= 11 is 0. The van der Waals surface area contributed by atoms with Crippen molar-refractivity contribution in [3.63, 3.8) is 0 Å². The van der Waals surface area contributed by atoms with Crippen molar-refractivity contribution in [3.8, 4) is 0 Å². The molecule has 6 nitrogen and oxygen atoms in total. The molecule has 2 aliphatic rings. The predicted molar refractivity (Wildman–Crippen MR) is 108 cm³/mol. The molecule has 2 aromatic carbocycles. The Balaban J connectivity index is 1.33. The van der Waals surface area contributed by atoms with Crippen molar-refractivity contribution in [1.82, 2.24) is 9.80 Å². The molecule has 0 radical (unpaired) electrons. The second-order valence-electron chi connectivity index (χ2n) is 7.59. The van der Waals surface area contributed by atoms with Crippen LogP contribution in [-0.4, -0.2) is 61.1 Å². The Labute approximate surface area is 173 Å². The average Bonchev–Trinajstić information content (AvgIpc) is 3.17. The third-order valence-corrected chi connectivity index (χ3v) is 5.83. The fourth-order valence-corrected chi connectivity index (χ4v) is 4.23. The molecule has 1 fully saturated rings. The Hall–Kier alpha value is -3.00. The summed E-state index contributed by atoms with van der Waals surface area (Å²) < 4.78 is 32.5. The van der Waals surface area contributed by atoms with Gasteiger partial charge in [0.05, 0.1) is 7.11 Å². The Morgan fingerprint density at radius 2 is 1.57 bits per heavy atom. The summed E-state index contributed by atoms with van der Waals surface area (Å²) in [6.45, 7) is 2.56. The Bertz CT molecular complexity index is 926. The van der Waals surface area contributed by atoms with Gasteiger partial charge < -0.3 is 15.0 Å². The topological polar surface area (TPSA) is 61.9 Å². The van der Waals surface area contributed by atoms with Crippen LogP contribution in [0.4, 0.5) is 19.3 Å². The number of benzene rings is 2. The van der Waals surface area contributed by atoms with Crippen LogP contribution in [0.1, 0.15) is 21.5 Å². The Kier molecular flexibility index (Phi) is 5.67. The first-order chi connectivity index (χ1) is 14.5. The smallest absolute Gasteiger partial charge is 0.343 e. The van der Waals surface area contributed by atoms with Crippen LogP contribution in [0.15, 0.2) is 36.4 Å². The van der Waals surface area contributed by atoms with E-state index in [1.165, 1.54) is 11.1 Å². The van der Waals surface area contributed by atoms with Crippen molar-refractivity contribution >= 4 is 17.7 Å².